The van der Waals surface area contributed by atoms with Crippen molar-refractivity contribution in [2.75, 3.05) is 26.9 Å². The van der Waals surface area contributed by atoms with E-state index in [1.165, 1.54) is 36.8 Å². The Bertz CT molecular complexity index is 590. The highest BCUT2D eigenvalue weighted by atomic mass is 16.5. The van der Waals surface area contributed by atoms with Crippen molar-refractivity contribution in [1.82, 2.24) is 4.90 Å². The molecule has 0 spiro atoms. The van der Waals surface area contributed by atoms with E-state index in [1.54, 1.807) is 7.11 Å². The van der Waals surface area contributed by atoms with E-state index in [-0.39, 0.29) is 6.10 Å². The number of hydrogen-bond acceptors (Lipinski definition) is 3. The summed E-state index contributed by atoms with van der Waals surface area (Å²) in [6, 6.07) is 21.3. The van der Waals surface area contributed by atoms with Crippen molar-refractivity contribution < 1.29 is 9.47 Å². The zero-order chi connectivity index (χ0) is 20.7. The van der Waals surface area contributed by atoms with Gasteiger partial charge in [-0.25, -0.2) is 0 Å². The fourth-order valence-electron chi connectivity index (χ4n) is 3.62. The van der Waals surface area contributed by atoms with Crippen LogP contribution in [0.2, 0.25) is 0 Å². The summed E-state index contributed by atoms with van der Waals surface area (Å²) < 4.78 is 11.9. The van der Waals surface area contributed by atoms with Gasteiger partial charge in [0.05, 0.1) is 12.7 Å². The average Bonchev–Trinajstić information content (AvgIpc) is 2.76. The van der Waals surface area contributed by atoms with Gasteiger partial charge in [0, 0.05) is 33.4 Å². The van der Waals surface area contributed by atoms with Gasteiger partial charge in [0.2, 0.25) is 0 Å². The number of nitrogens with zero attached hydrogens (tertiary/aromatic N) is 1. The molecule has 0 aliphatic heterocycles. The van der Waals surface area contributed by atoms with Crippen molar-refractivity contribution in [1.29, 1.82) is 0 Å². The van der Waals surface area contributed by atoms with E-state index < -0.39 is 0 Å². The summed E-state index contributed by atoms with van der Waals surface area (Å²) in [7, 11) is 1.80. The molecular formula is C26H39NO2. The lowest BCUT2D eigenvalue weighted by molar-refractivity contribution is -0.0220. The summed E-state index contributed by atoms with van der Waals surface area (Å²) in [6.45, 7) is 8.67. The van der Waals surface area contributed by atoms with Gasteiger partial charge in [-0.2, -0.15) is 0 Å². The van der Waals surface area contributed by atoms with Crippen LogP contribution in [-0.4, -0.2) is 37.9 Å². The highest BCUT2D eigenvalue weighted by Crippen LogP contribution is 2.14. The molecule has 0 saturated heterocycles. The van der Waals surface area contributed by atoms with Crippen molar-refractivity contribution in [3.8, 4) is 0 Å². The Hall–Kier alpha value is -1.68. The van der Waals surface area contributed by atoms with Gasteiger partial charge < -0.3 is 9.47 Å². The molecule has 2 aromatic carbocycles. The van der Waals surface area contributed by atoms with Crippen LogP contribution in [0.15, 0.2) is 60.7 Å². The van der Waals surface area contributed by atoms with Gasteiger partial charge in [-0.3, -0.25) is 4.90 Å². The minimum absolute atomic E-state index is 0.0751. The van der Waals surface area contributed by atoms with Gasteiger partial charge in [0.1, 0.15) is 0 Å². The molecule has 0 heterocycles. The monoisotopic (exact) mass is 397 g/mol. The molecule has 29 heavy (non-hydrogen) atoms. The number of rotatable bonds is 15. The van der Waals surface area contributed by atoms with E-state index in [1.807, 2.05) is 0 Å². The molecule has 3 heteroatoms. The first-order valence-corrected chi connectivity index (χ1v) is 11.2. The Balaban J connectivity index is 1.91. The number of benzene rings is 2. The second-order valence-electron chi connectivity index (χ2n) is 7.95. The summed E-state index contributed by atoms with van der Waals surface area (Å²) in [6.07, 6.45) is 5.07. The summed E-state index contributed by atoms with van der Waals surface area (Å²) in [5.74, 6) is 0.664. The van der Waals surface area contributed by atoms with E-state index in [4.69, 9.17) is 9.47 Å². The maximum absolute atomic E-state index is 6.09. The third kappa shape index (κ3) is 9.58. The molecule has 2 unspecified atom stereocenters. The first-order valence-electron chi connectivity index (χ1n) is 11.2. The van der Waals surface area contributed by atoms with Gasteiger partial charge in [-0.1, -0.05) is 93.8 Å². The lowest BCUT2D eigenvalue weighted by atomic mass is 10.0. The third-order valence-electron chi connectivity index (χ3n) is 5.49. The molecule has 0 aliphatic carbocycles. The van der Waals surface area contributed by atoms with Crippen molar-refractivity contribution in [2.45, 2.75) is 58.7 Å². The second kappa shape index (κ2) is 14.3. The van der Waals surface area contributed by atoms with Crippen molar-refractivity contribution >= 4 is 0 Å². The second-order valence-corrected chi connectivity index (χ2v) is 7.95. The van der Waals surface area contributed by atoms with Gasteiger partial charge in [-0.05, 0) is 23.5 Å². The minimum atomic E-state index is 0.0751. The van der Waals surface area contributed by atoms with E-state index in [2.05, 4.69) is 79.4 Å². The van der Waals surface area contributed by atoms with Crippen LogP contribution in [0.3, 0.4) is 0 Å². The molecule has 160 valence electrons. The first-order chi connectivity index (χ1) is 14.2. The standard InChI is InChI=1S/C26H39NO2/c1-4-6-13-23(5-2)21-29-22-26(28-3)20-27(18-24-14-9-7-10-15-24)19-25-16-11-8-12-17-25/h7-12,14-17,23,26H,4-6,13,18-22H2,1-3H3. The van der Waals surface area contributed by atoms with Crippen molar-refractivity contribution in [2.24, 2.45) is 5.92 Å². The maximum Gasteiger partial charge on any atom is 0.0931 e. The first kappa shape index (κ1) is 23.6. The predicted molar refractivity (Wildman–Crippen MR) is 122 cm³/mol. The highest BCUT2D eigenvalue weighted by Gasteiger charge is 2.16. The van der Waals surface area contributed by atoms with Gasteiger partial charge in [0.25, 0.3) is 0 Å². The van der Waals surface area contributed by atoms with E-state index in [0.29, 0.717) is 12.5 Å². The lowest BCUT2D eigenvalue weighted by Gasteiger charge is -2.27. The number of hydrogen-bond donors (Lipinski definition) is 0. The number of ether oxygens (including phenoxy) is 2. The molecule has 2 aromatic rings. The maximum atomic E-state index is 6.09. The molecule has 0 bridgehead atoms. The molecule has 0 fully saturated rings. The van der Waals surface area contributed by atoms with Crippen LogP contribution >= 0.6 is 0 Å². The summed E-state index contributed by atoms with van der Waals surface area (Å²) in [5.41, 5.74) is 2.65. The van der Waals surface area contributed by atoms with E-state index in [0.717, 1.165) is 26.2 Å². The van der Waals surface area contributed by atoms with Crippen LogP contribution in [0.1, 0.15) is 50.7 Å². The Morgan fingerprint density at radius 1 is 0.828 bits per heavy atom. The molecule has 2 atom stereocenters. The zero-order valence-electron chi connectivity index (χ0n) is 18.6. The molecule has 0 aliphatic rings. The molecule has 0 aromatic heterocycles. The van der Waals surface area contributed by atoms with Crippen LogP contribution in [0, 0.1) is 5.92 Å². The molecule has 3 nitrogen and oxygen atoms in total. The number of unbranched alkanes of at least 4 members (excludes halogenated alkanes) is 1. The normalized spacial score (nSPS) is 13.5. The van der Waals surface area contributed by atoms with E-state index >= 15 is 0 Å². The molecule has 0 radical (unpaired) electrons. The minimum Gasteiger partial charge on any atom is -0.378 e. The van der Waals surface area contributed by atoms with Crippen LogP contribution in [0.5, 0.6) is 0 Å². The topological polar surface area (TPSA) is 21.7 Å². The van der Waals surface area contributed by atoms with Crippen molar-refractivity contribution in [3.05, 3.63) is 71.8 Å². The Morgan fingerprint density at radius 2 is 1.41 bits per heavy atom. The highest BCUT2D eigenvalue weighted by molar-refractivity contribution is 5.17. The van der Waals surface area contributed by atoms with Gasteiger partial charge in [0.15, 0.2) is 0 Å². The van der Waals surface area contributed by atoms with Crippen LogP contribution in [-0.2, 0) is 22.6 Å². The molecule has 0 amide bonds. The summed E-state index contributed by atoms with van der Waals surface area (Å²) in [5, 5.41) is 0. The van der Waals surface area contributed by atoms with Crippen molar-refractivity contribution in [3.63, 3.8) is 0 Å². The molecule has 2 rings (SSSR count). The van der Waals surface area contributed by atoms with Crippen LogP contribution in [0.4, 0.5) is 0 Å². The Kier molecular flexibility index (Phi) is 11.7. The lowest BCUT2D eigenvalue weighted by Crippen LogP contribution is -2.36. The third-order valence-corrected chi connectivity index (χ3v) is 5.49. The summed E-state index contributed by atoms with van der Waals surface area (Å²) in [4.78, 5) is 2.45. The zero-order valence-corrected chi connectivity index (χ0v) is 18.6. The quantitative estimate of drug-likeness (QED) is 0.371. The fourth-order valence-corrected chi connectivity index (χ4v) is 3.62. The fraction of sp³-hybridized carbons (Fsp3) is 0.538. The SMILES string of the molecule is CCCCC(CC)COCC(CN(Cc1ccccc1)Cc1ccccc1)OC. The average molecular weight is 398 g/mol. The summed E-state index contributed by atoms with van der Waals surface area (Å²) >= 11 is 0. The predicted octanol–water partition coefficient (Wildman–Crippen LogP) is 5.94. The molecule has 0 saturated carbocycles. The molecule has 0 N–H and O–H groups in total. The van der Waals surface area contributed by atoms with Gasteiger partial charge in [-0.15, -0.1) is 0 Å². The smallest absolute Gasteiger partial charge is 0.0931 e. The van der Waals surface area contributed by atoms with Crippen LogP contribution in [0.25, 0.3) is 0 Å². The van der Waals surface area contributed by atoms with Crippen LogP contribution < -0.4 is 0 Å². The largest absolute Gasteiger partial charge is 0.378 e. The van der Waals surface area contributed by atoms with Gasteiger partial charge >= 0.3 is 0 Å². The molecular weight excluding hydrogens is 358 g/mol. The number of methoxy groups -OCH3 is 1. The Labute approximate surface area is 178 Å². The van der Waals surface area contributed by atoms with E-state index in [9.17, 15) is 0 Å². The Morgan fingerprint density at radius 3 is 1.90 bits per heavy atom.